The molecule has 0 aliphatic heterocycles. The average Bonchev–Trinajstić information content (AvgIpc) is 2.33. The number of carboxylic acids is 2. The standard InChI is InChI=1S/C8H17N2O3.C2H2O4/c1-6(2)13-5-7(11)3-4-8(12)10-9;3-1(4)2(5)6/h6-7H,3-5,9H2,1-2H3,(H,10,12);(H,3,4)(H,5,6)/q-1;/p+1. The molecule has 0 saturated carbocycles. The molecule has 0 bridgehead atoms. The molecule has 0 aliphatic rings. The summed E-state index contributed by atoms with van der Waals surface area (Å²) in [5.74, 6) is -0.647. The lowest BCUT2D eigenvalue weighted by molar-refractivity contribution is -0.433. The molecule has 0 rings (SSSR count). The number of aliphatic carboxylic acids is 2. The van der Waals surface area contributed by atoms with E-state index in [-0.39, 0.29) is 25.0 Å². The number of rotatable bonds is 6. The highest BCUT2D eigenvalue weighted by molar-refractivity contribution is 6.27. The molecule has 0 heterocycles. The summed E-state index contributed by atoms with van der Waals surface area (Å²) < 4.78 is 5.11. The first-order valence-corrected chi connectivity index (χ1v) is 5.50. The van der Waals surface area contributed by atoms with Crippen molar-refractivity contribution in [2.24, 2.45) is 0 Å². The van der Waals surface area contributed by atoms with Crippen LogP contribution >= 0.6 is 0 Å². The monoisotopic (exact) mass is 280 g/mol. The van der Waals surface area contributed by atoms with Gasteiger partial charge in [-0.2, -0.15) is 0 Å². The quantitative estimate of drug-likeness (QED) is 0.305. The molecule has 19 heavy (non-hydrogen) atoms. The van der Waals surface area contributed by atoms with Crippen molar-refractivity contribution in [3.05, 3.63) is 0 Å². The van der Waals surface area contributed by atoms with Crippen LogP contribution in [0.1, 0.15) is 26.7 Å². The van der Waals surface area contributed by atoms with Gasteiger partial charge in [0.2, 0.25) is 0 Å². The Kier molecular flexibility index (Phi) is 11.8. The Labute approximate surface area is 110 Å². The van der Waals surface area contributed by atoms with Gasteiger partial charge in [-0.15, -0.1) is 6.10 Å². The van der Waals surface area contributed by atoms with E-state index in [4.69, 9.17) is 24.5 Å². The van der Waals surface area contributed by atoms with Crippen molar-refractivity contribution in [2.45, 2.75) is 38.9 Å². The molecule has 0 radical (unpaired) electrons. The summed E-state index contributed by atoms with van der Waals surface area (Å²) in [6.07, 6.45) is -0.231. The number of ether oxygens (including phenoxy) is 1. The summed E-state index contributed by atoms with van der Waals surface area (Å²) in [5, 5.41) is 25.9. The number of carboxylic acid groups (broad SMARTS) is 2. The maximum Gasteiger partial charge on any atom is 0.414 e. The number of carbonyl (C=O) groups is 3. The second-order valence-electron chi connectivity index (χ2n) is 3.75. The summed E-state index contributed by atoms with van der Waals surface area (Å²) >= 11 is 0. The highest BCUT2D eigenvalue weighted by Gasteiger charge is 2.04. The second kappa shape index (κ2) is 11.4. The Balaban J connectivity index is 0. The first-order valence-electron chi connectivity index (χ1n) is 5.50. The fourth-order valence-electron chi connectivity index (χ4n) is 0.764. The molecule has 6 N–H and O–H groups in total. The highest BCUT2D eigenvalue weighted by Crippen LogP contribution is 1.96. The summed E-state index contributed by atoms with van der Waals surface area (Å²) in [4.78, 5) is 28.9. The molecule has 0 aromatic carbocycles. The third-order valence-electron chi connectivity index (χ3n) is 1.69. The molecule has 9 nitrogen and oxygen atoms in total. The first kappa shape index (κ1) is 19.6. The minimum absolute atomic E-state index is 0.0677. The number of carbonyl (C=O) groups excluding carboxylic acids is 1. The van der Waals surface area contributed by atoms with Crippen molar-refractivity contribution >= 4 is 17.8 Å². The Morgan fingerprint density at radius 2 is 1.74 bits per heavy atom. The first-order chi connectivity index (χ1) is 8.70. The summed E-state index contributed by atoms with van der Waals surface area (Å²) in [6.45, 7) is 3.91. The van der Waals surface area contributed by atoms with Crippen LogP contribution in [0, 0.1) is 0 Å². The third kappa shape index (κ3) is 16.3. The van der Waals surface area contributed by atoms with E-state index in [1.165, 1.54) is 0 Å². The largest absolute Gasteiger partial charge is 0.850 e. The van der Waals surface area contributed by atoms with E-state index in [0.717, 1.165) is 0 Å². The molecule has 0 aromatic rings. The molecule has 0 aliphatic carbocycles. The van der Waals surface area contributed by atoms with Crippen molar-refractivity contribution in [3.63, 3.8) is 0 Å². The fraction of sp³-hybridized carbons (Fsp3) is 0.700. The molecular weight excluding hydrogens is 260 g/mol. The molecule has 9 heteroatoms. The zero-order valence-electron chi connectivity index (χ0n) is 10.9. The Bertz CT molecular complexity index is 282. The molecular formula is C10H20N2O7. The molecule has 0 saturated heterocycles. The van der Waals surface area contributed by atoms with Crippen LogP contribution in [-0.2, 0) is 19.1 Å². The minimum Gasteiger partial charge on any atom is -0.850 e. The third-order valence-corrected chi connectivity index (χ3v) is 1.69. The molecule has 0 aromatic heterocycles. The molecule has 1 amide bonds. The van der Waals surface area contributed by atoms with Crippen LogP contribution in [-0.4, -0.2) is 46.9 Å². The number of amides is 1. The van der Waals surface area contributed by atoms with Crippen LogP contribution in [0.5, 0.6) is 0 Å². The number of hydrogen-bond acceptors (Lipinski definition) is 5. The fourth-order valence-corrected chi connectivity index (χ4v) is 0.764. The van der Waals surface area contributed by atoms with Gasteiger partial charge in [0.25, 0.3) is 5.91 Å². The Morgan fingerprint density at radius 3 is 2.05 bits per heavy atom. The number of quaternary nitrogens is 1. The van der Waals surface area contributed by atoms with Crippen molar-refractivity contribution < 1.29 is 40.3 Å². The maximum atomic E-state index is 11.1. The zero-order chi connectivity index (χ0) is 15.4. The van der Waals surface area contributed by atoms with E-state index in [2.05, 4.69) is 11.3 Å². The normalized spacial score (nSPS) is 11.2. The van der Waals surface area contributed by atoms with Crippen LogP contribution in [0.4, 0.5) is 0 Å². The van der Waals surface area contributed by atoms with Gasteiger partial charge in [-0.05, 0) is 13.8 Å². The zero-order valence-corrected chi connectivity index (χ0v) is 10.9. The van der Waals surface area contributed by atoms with Gasteiger partial charge in [-0.25, -0.2) is 15.0 Å². The van der Waals surface area contributed by atoms with E-state index in [9.17, 15) is 9.90 Å². The molecule has 112 valence electrons. The summed E-state index contributed by atoms with van der Waals surface area (Å²) in [7, 11) is 0. The predicted octanol–water partition coefficient (Wildman–Crippen LogP) is -2.65. The lowest BCUT2D eigenvalue weighted by Crippen LogP contribution is -2.67. The van der Waals surface area contributed by atoms with Crippen molar-refractivity contribution in [2.75, 3.05) is 6.61 Å². The van der Waals surface area contributed by atoms with Crippen molar-refractivity contribution in [1.82, 2.24) is 5.43 Å². The second-order valence-corrected chi connectivity index (χ2v) is 3.75. The van der Waals surface area contributed by atoms with Crippen LogP contribution in [0.3, 0.4) is 0 Å². The molecule has 0 spiro atoms. The highest BCUT2D eigenvalue weighted by atomic mass is 16.5. The lowest BCUT2D eigenvalue weighted by Gasteiger charge is -2.22. The molecule has 1 unspecified atom stereocenters. The van der Waals surface area contributed by atoms with E-state index in [1.807, 2.05) is 13.8 Å². The van der Waals surface area contributed by atoms with Gasteiger partial charge in [-0.1, -0.05) is 6.42 Å². The van der Waals surface area contributed by atoms with Crippen LogP contribution in [0.2, 0.25) is 0 Å². The van der Waals surface area contributed by atoms with Crippen LogP contribution in [0.15, 0.2) is 0 Å². The lowest BCUT2D eigenvalue weighted by atomic mass is 10.2. The van der Waals surface area contributed by atoms with Gasteiger partial charge in [0, 0.05) is 13.0 Å². The number of nitrogens with one attached hydrogen (secondary N) is 1. The van der Waals surface area contributed by atoms with E-state index in [1.54, 1.807) is 0 Å². The van der Waals surface area contributed by atoms with Crippen LogP contribution < -0.4 is 16.4 Å². The topological polar surface area (TPSA) is 164 Å². The van der Waals surface area contributed by atoms with Crippen molar-refractivity contribution in [3.8, 4) is 0 Å². The van der Waals surface area contributed by atoms with Crippen molar-refractivity contribution in [1.29, 1.82) is 0 Å². The van der Waals surface area contributed by atoms with Gasteiger partial charge >= 0.3 is 11.9 Å². The molecule has 1 atom stereocenters. The van der Waals surface area contributed by atoms with E-state index >= 15 is 0 Å². The van der Waals surface area contributed by atoms with Crippen LogP contribution in [0.25, 0.3) is 0 Å². The predicted molar refractivity (Wildman–Crippen MR) is 60.4 cm³/mol. The Morgan fingerprint density at radius 1 is 1.26 bits per heavy atom. The average molecular weight is 280 g/mol. The van der Waals surface area contributed by atoms with Gasteiger partial charge < -0.3 is 20.1 Å². The molecule has 0 fully saturated rings. The van der Waals surface area contributed by atoms with Gasteiger partial charge in [0.15, 0.2) is 0 Å². The van der Waals surface area contributed by atoms with Gasteiger partial charge in [0.05, 0.1) is 6.10 Å². The number of hydrogen-bond donors (Lipinski definition) is 4. The van der Waals surface area contributed by atoms with E-state index in [0.29, 0.717) is 6.42 Å². The summed E-state index contributed by atoms with van der Waals surface area (Å²) in [6, 6.07) is 0. The summed E-state index contributed by atoms with van der Waals surface area (Å²) in [5.41, 5.74) is 2.22. The van der Waals surface area contributed by atoms with Gasteiger partial charge in [-0.3, -0.25) is 10.6 Å². The SMILES string of the molecule is CC(C)OCC([O-])CCC(=O)N[NH3+].O=C(O)C(=O)O. The van der Waals surface area contributed by atoms with Gasteiger partial charge in [0.1, 0.15) is 0 Å². The smallest absolute Gasteiger partial charge is 0.414 e. The Hall–Kier alpha value is -1.71. The van der Waals surface area contributed by atoms with E-state index < -0.39 is 18.0 Å². The maximum absolute atomic E-state index is 11.1. The minimum atomic E-state index is -1.82.